The smallest absolute Gasteiger partial charge is 0.0671 e. The van der Waals surface area contributed by atoms with Crippen LogP contribution in [0.25, 0.3) is 0 Å². The van der Waals surface area contributed by atoms with Gasteiger partial charge in [0.05, 0.1) is 0 Å². The van der Waals surface area contributed by atoms with Gasteiger partial charge >= 0.3 is 0 Å². The molecule has 1 saturated carbocycles. The van der Waals surface area contributed by atoms with Crippen molar-refractivity contribution < 1.29 is 0 Å². The van der Waals surface area contributed by atoms with Gasteiger partial charge in [0.2, 0.25) is 0 Å². The minimum Gasteiger partial charge on any atom is -0.0671 e. The maximum absolute atomic E-state index is 2.45. The summed E-state index contributed by atoms with van der Waals surface area (Å²) in [6.07, 6.45) is 13.3. The van der Waals surface area contributed by atoms with Crippen molar-refractivity contribution in [2.75, 3.05) is 0 Å². The van der Waals surface area contributed by atoms with Crippen molar-refractivity contribution >= 4 is 7.28 Å². The predicted octanol–water partition coefficient (Wildman–Crippen LogP) is 5.59. The quantitative estimate of drug-likeness (QED) is 0.520. The van der Waals surface area contributed by atoms with Crippen molar-refractivity contribution in [3.63, 3.8) is 0 Å². The van der Waals surface area contributed by atoms with Gasteiger partial charge in [-0.1, -0.05) is 96.6 Å². The Bertz CT molecular complexity index is 192. The highest BCUT2D eigenvalue weighted by atomic mass is 14.1. The molecule has 0 nitrogen and oxygen atoms in total. The molecule has 0 aromatic rings. The van der Waals surface area contributed by atoms with Crippen molar-refractivity contribution in [1.82, 2.24) is 0 Å². The van der Waals surface area contributed by atoms with E-state index in [1.165, 1.54) is 65.1 Å². The van der Waals surface area contributed by atoms with Gasteiger partial charge in [-0.3, -0.25) is 0 Å². The SMILES string of the molecule is CC1CCCCCC(BC(C)(C)C)CCCC1. The Morgan fingerprint density at radius 1 is 0.765 bits per heavy atom. The molecular formula is C16H33B. The maximum atomic E-state index is 2.45. The normalized spacial score (nSPS) is 29.4. The van der Waals surface area contributed by atoms with Crippen molar-refractivity contribution in [3.8, 4) is 0 Å². The fourth-order valence-corrected chi connectivity index (χ4v) is 3.39. The lowest BCUT2D eigenvalue weighted by molar-refractivity contribution is 0.447. The Morgan fingerprint density at radius 2 is 1.24 bits per heavy atom. The predicted molar refractivity (Wildman–Crippen MR) is 81.3 cm³/mol. The minimum absolute atomic E-state index is 0.526. The summed E-state index contributed by atoms with van der Waals surface area (Å²) in [5.74, 6) is 1.98. The fourth-order valence-electron chi connectivity index (χ4n) is 3.39. The van der Waals surface area contributed by atoms with Crippen LogP contribution in [0.1, 0.15) is 85.5 Å². The molecule has 0 aliphatic heterocycles. The summed E-state index contributed by atoms with van der Waals surface area (Å²) < 4.78 is 0. The zero-order valence-corrected chi connectivity index (χ0v) is 12.7. The summed E-state index contributed by atoms with van der Waals surface area (Å²) in [5, 5.41) is 0.526. The van der Waals surface area contributed by atoms with Crippen LogP contribution in [0.5, 0.6) is 0 Å². The van der Waals surface area contributed by atoms with E-state index in [2.05, 4.69) is 27.7 Å². The van der Waals surface area contributed by atoms with Crippen LogP contribution < -0.4 is 0 Å². The maximum Gasteiger partial charge on any atom is 0.130 e. The molecule has 0 spiro atoms. The first-order chi connectivity index (χ1) is 7.97. The average Bonchev–Trinajstić information content (AvgIpc) is 2.24. The summed E-state index contributed by atoms with van der Waals surface area (Å²) in [5.41, 5.74) is 0. The fraction of sp³-hybridized carbons (Fsp3) is 1.00. The van der Waals surface area contributed by atoms with E-state index in [9.17, 15) is 0 Å². The molecule has 0 radical (unpaired) electrons. The zero-order chi connectivity index (χ0) is 12.7. The first-order valence-corrected chi connectivity index (χ1v) is 7.97. The second-order valence-electron chi connectivity index (χ2n) is 7.66. The van der Waals surface area contributed by atoms with Crippen molar-refractivity contribution in [1.29, 1.82) is 0 Å². The molecule has 100 valence electrons. The van der Waals surface area contributed by atoms with E-state index >= 15 is 0 Å². The Morgan fingerprint density at radius 3 is 1.82 bits per heavy atom. The monoisotopic (exact) mass is 236 g/mol. The Balaban J connectivity index is 2.37. The van der Waals surface area contributed by atoms with E-state index in [0.29, 0.717) is 5.31 Å². The van der Waals surface area contributed by atoms with E-state index in [0.717, 1.165) is 11.7 Å². The van der Waals surface area contributed by atoms with Crippen LogP contribution in [0, 0.1) is 5.92 Å². The standard InChI is InChI=1S/C16H33B/c1-14-10-6-5-7-12-15(13-9-8-11-14)17-16(2,3)4/h14-15,17H,5-13H2,1-4H3. The molecule has 1 aliphatic carbocycles. The van der Waals surface area contributed by atoms with Crippen LogP contribution >= 0.6 is 0 Å². The largest absolute Gasteiger partial charge is 0.130 e. The van der Waals surface area contributed by atoms with Gasteiger partial charge in [-0.25, -0.2) is 0 Å². The van der Waals surface area contributed by atoms with Gasteiger partial charge < -0.3 is 0 Å². The molecule has 1 rings (SSSR count). The number of hydrogen-bond acceptors (Lipinski definition) is 0. The summed E-state index contributed by atoms with van der Waals surface area (Å²) >= 11 is 0. The molecule has 0 saturated heterocycles. The molecular weight excluding hydrogens is 203 g/mol. The highest BCUT2D eigenvalue weighted by Gasteiger charge is 2.20. The van der Waals surface area contributed by atoms with Crippen LogP contribution in [0.15, 0.2) is 0 Å². The van der Waals surface area contributed by atoms with Gasteiger partial charge in [0.1, 0.15) is 7.28 Å². The topological polar surface area (TPSA) is 0 Å². The molecule has 0 N–H and O–H groups in total. The van der Waals surface area contributed by atoms with E-state index in [1.807, 2.05) is 0 Å². The van der Waals surface area contributed by atoms with Crippen LogP contribution in [0.3, 0.4) is 0 Å². The molecule has 1 fully saturated rings. The van der Waals surface area contributed by atoms with Crippen molar-refractivity contribution in [2.45, 2.75) is 96.6 Å². The van der Waals surface area contributed by atoms with Gasteiger partial charge in [-0.15, -0.1) is 0 Å². The van der Waals surface area contributed by atoms with Crippen LogP contribution in [0.4, 0.5) is 0 Å². The summed E-state index contributed by atoms with van der Waals surface area (Å²) in [7, 11) is 1.43. The average molecular weight is 236 g/mol. The lowest BCUT2D eigenvalue weighted by Crippen LogP contribution is -2.15. The Kier molecular flexibility index (Phi) is 6.66. The highest BCUT2D eigenvalue weighted by molar-refractivity contribution is 6.41. The number of hydrogen-bond donors (Lipinski definition) is 0. The molecule has 1 heteroatoms. The molecule has 2 unspecified atom stereocenters. The summed E-state index contributed by atoms with van der Waals surface area (Å²) in [4.78, 5) is 0. The Labute approximate surface area is 110 Å². The highest BCUT2D eigenvalue weighted by Crippen LogP contribution is 2.33. The second-order valence-corrected chi connectivity index (χ2v) is 7.66. The first kappa shape index (κ1) is 15.1. The molecule has 1 aliphatic rings. The van der Waals surface area contributed by atoms with E-state index in [-0.39, 0.29) is 0 Å². The van der Waals surface area contributed by atoms with Gasteiger partial charge in [0.15, 0.2) is 0 Å². The van der Waals surface area contributed by atoms with Gasteiger partial charge in [-0.05, 0) is 5.92 Å². The third-order valence-corrected chi connectivity index (χ3v) is 4.27. The second kappa shape index (κ2) is 7.49. The first-order valence-electron chi connectivity index (χ1n) is 7.97. The van der Waals surface area contributed by atoms with Crippen molar-refractivity contribution in [3.05, 3.63) is 0 Å². The third kappa shape index (κ3) is 7.89. The van der Waals surface area contributed by atoms with E-state index in [1.54, 1.807) is 0 Å². The lowest BCUT2D eigenvalue weighted by atomic mass is 9.46. The van der Waals surface area contributed by atoms with E-state index < -0.39 is 0 Å². The van der Waals surface area contributed by atoms with Gasteiger partial charge in [-0.2, -0.15) is 0 Å². The summed E-state index contributed by atoms with van der Waals surface area (Å²) in [6, 6.07) is 0. The third-order valence-electron chi connectivity index (χ3n) is 4.27. The molecule has 0 bridgehead atoms. The molecule has 2 atom stereocenters. The van der Waals surface area contributed by atoms with Crippen LogP contribution in [0.2, 0.25) is 11.1 Å². The lowest BCUT2D eigenvalue weighted by Gasteiger charge is -2.24. The molecule has 0 heterocycles. The Hall–Kier alpha value is 0.0649. The van der Waals surface area contributed by atoms with Crippen LogP contribution in [-0.4, -0.2) is 7.28 Å². The molecule has 0 aromatic carbocycles. The van der Waals surface area contributed by atoms with Gasteiger partial charge in [0, 0.05) is 0 Å². The molecule has 0 aromatic heterocycles. The number of rotatable bonds is 1. The molecule has 0 amide bonds. The zero-order valence-electron chi connectivity index (χ0n) is 12.7. The van der Waals surface area contributed by atoms with Crippen molar-refractivity contribution in [2.24, 2.45) is 5.92 Å². The minimum atomic E-state index is 0.526. The van der Waals surface area contributed by atoms with Gasteiger partial charge in [0.25, 0.3) is 0 Å². The van der Waals surface area contributed by atoms with Crippen LogP contribution in [-0.2, 0) is 0 Å². The summed E-state index contributed by atoms with van der Waals surface area (Å²) in [6.45, 7) is 9.66. The van der Waals surface area contributed by atoms with E-state index in [4.69, 9.17) is 0 Å². The molecule has 17 heavy (non-hydrogen) atoms.